The summed E-state index contributed by atoms with van der Waals surface area (Å²) in [5, 5.41) is 0. The van der Waals surface area contributed by atoms with Gasteiger partial charge in [0.25, 0.3) is 0 Å². The average molecular weight is 442 g/mol. The minimum Gasteiger partial charge on any atom is -0.361 e. The van der Waals surface area contributed by atoms with Crippen LogP contribution in [0.1, 0.15) is 11.1 Å². The van der Waals surface area contributed by atoms with E-state index >= 15 is 0 Å². The van der Waals surface area contributed by atoms with Crippen LogP contribution in [-0.2, 0) is 20.8 Å². The molecular formula is C17H18N2O8S2. The second kappa shape index (κ2) is 9.17. The minimum atomic E-state index is -4.74. The van der Waals surface area contributed by atoms with Crippen LogP contribution in [0.4, 0.5) is 0 Å². The molecule has 0 radical (unpaired) electrons. The lowest BCUT2D eigenvalue weighted by Crippen LogP contribution is -2.31. The summed E-state index contributed by atoms with van der Waals surface area (Å²) in [6.07, 6.45) is 3.31. The first-order chi connectivity index (χ1) is 13.4. The maximum atomic E-state index is 11.0. The SMILES string of the molecule is NC(N)C(/C=C/c1ccccc1OS(=O)(=O)O)=C/c1ccccc1OS(=O)(=O)O. The maximum absolute atomic E-state index is 11.0. The second-order valence-corrected chi connectivity index (χ2v) is 7.65. The number of benzene rings is 2. The predicted octanol–water partition coefficient (Wildman–Crippen LogP) is 1.39. The summed E-state index contributed by atoms with van der Waals surface area (Å²) >= 11 is 0. The van der Waals surface area contributed by atoms with Gasteiger partial charge in [-0.1, -0.05) is 48.6 Å². The van der Waals surface area contributed by atoms with Crippen LogP contribution in [-0.4, -0.2) is 32.1 Å². The summed E-state index contributed by atoms with van der Waals surface area (Å²) in [7, 11) is -9.46. The molecule has 0 unspecified atom stereocenters. The first-order valence-electron chi connectivity index (χ1n) is 7.87. The molecule has 0 aliphatic rings. The van der Waals surface area contributed by atoms with E-state index < -0.39 is 27.0 Å². The van der Waals surface area contributed by atoms with E-state index in [1.807, 2.05) is 0 Å². The molecule has 0 fully saturated rings. The Morgan fingerprint density at radius 2 is 1.28 bits per heavy atom. The van der Waals surface area contributed by atoms with E-state index in [0.29, 0.717) is 11.1 Å². The summed E-state index contributed by atoms with van der Waals surface area (Å²) in [5.41, 5.74) is 12.3. The number of hydrogen-bond acceptors (Lipinski definition) is 8. The van der Waals surface area contributed by atoms with Gasteiger partial charge >= 0.3 is 20.8 Å². The Hall–Kier alpha value is -2.74. The lowest BCUT2D eigenvalue weighted by Gasteiger charge is -2.10. The summed E-state index contributed by atoms with van der Waals surface area (Å²) < 4.78 is 70.7. The molecule has 6 N–H and O–H groups in total. The topological polar surface area (TPSA) is 179 Å². The van der Waals surface area contributed by atoms with E-state index in [2.05, 4.69) is 8.37 Å². The van der Waals surface area contributed by atoms with Gasteiger partial charge in [-0.25, -0.2) is 0 Å². The van der Waals surface area contributed by atoms with Crippen LogP contribution in [0.2, 0.25) is 0 Å². The molecule has 0 amide bonds. The summed E-state index contributed by atoms with van der Waals surface area (Å²) in [5.74, 6) is -0.289. The van der Waals surface area contributed by atoms with Gasteiger partial charge < -0.3 is 19.8 Å². The van der Waals surface area contributed by atoms with Gasteiger partial charge in [0.1, 0.15) is 0 Å². The molecule has 0 spiro atoms. The second-order valence-electron chi connectivity index (χ2n) is 5.60. The highest BCUT2D eigenvalue weighted by Crippen LogP contribution is 2.25. The van der Waals surface area contributed by atoms with E-state index in [4.69, 9.17) is 20.6 Å². The minimum absolute atomic E-state index is 0.133. The van der Waals surface area contributed by atoms with Gasteiger partial charge in [0.05, 0.1) is 6.17 Å². The molecule has 0 aliphatic carbocycles. The molecule has 2 rings (SSSR count). The van der Waals surface area contributed by atoms with Crippen LogP contribution in [0.25, 0.3) is 12.2 Å². The van der Waals surface area contributed by atoms with Gasteiger partial charge in [-0.15, -0.1) is 0 Å². The fraction of sp³-hybridized carbons (Fsp3) is 0.0588. The third-order valence-corrected chi connectivity index (χ3v) is 4.17. The van der Waals surface area contributed by atoms with Crippen molar-refractivity contribution in [2.24, 2.45) is 11.5 Å². The summed E-state index contributed by atoms with van der Waals surface area (Å²) in [6, 6.07) is 11.9. The molecule has 0 saturated heterocycles. The van der Waals surface area contributed by atoms with Gasteiger partial charge in [0.2, 0.25) is 0 Å². The number of para-hydroxylation sites is 2. The van der Waals surface area contributed by atoms with Gasteiger partial charge in [0, 0.05) is 11.1 Å². The number of rotatable bonds is 8. The van der Waals surface area contributed by atoms with Crippen molar-refractivity contribution in [3.8, 4) is 11.5 Å². The fourth-order valence-electron chi connectivity index (χ4n) is 2.22. The highest BCUT2D eigenvalue weighted by atomic mass is 32.3. The van der Waals surface area contributed by atoms with E-state index in [0.717, 1.165) is 0 Å². The molecule has 0 bridgehead atoms. The smallest absolute Gasteiger partial charge is 0.361 e. The molecule has 0 aromatic heterocycles. The number of nitrogens with two attached hydrogens (primary N) is 2. The monoisotopic (exact) mass is 442 g/mol. The zero-order valence-corrected chi connectivity index (χ0v) is 16.4. The van der Waals surface area contributed by atoms with Crippen LogP contribution < -0.4 is 19.8 Å². The largest absolute Gasteiger partial charge is 0.446 e. The predicted molar refractivity (Wildman–Crippen MR) is 106 cm³/mol. The van der Waals surface area contributed by atoms with Crippen LogP contribution in [0.5, 0.6) is 11.5 Å². The number of hydrogen-bond donors (Lipinski definition) is 4. The highest BCUT2D eigenvalue weighted by Gasteiger charge is 2.12. The van der Waals surface area contributed by atoms with E-state index in [1.54, 1.807) is 12.1 Å². The van der Waals surface area contributed by atoms with Crippen LogP contribution >= 0.6 is 0 Å². The van der Waals surface area contributed by atoms with Crippen molar-refractivity contribution in [1.82, 2.24) is 0 Å². The zero-order valence-electron chi connectivity index (χ0n) is 14.7. The van der Waals surface area contributed by atoms with E-state index in [-0.39, 0.29) is 17.1 Å². The van der Waals surface area contributed by atoms with Crippen molar-refractivity contribution < 1.29 is 34.3 Å². The Labute approximate surface area is 168 Å². The molecular weight excluding hydrogens is 424 g/mol. The third kappa shape index (κ3) is 7.65. The summed E-state index contributed by atoms with van der Waals surface area (Å²) in [6.45, 7) is 0. The molecule has 29 heavy (non-hydrogen) atoms. The average Bonchev–Trinajstić information content (AvgIpc) is 2.58. The molecule has 0 heterocycles. The van der Waals surface area contributed by atoms with Gasteiger partial charge in [0.15, 0.2) is 11.5 Å². The van der Waals surface area contributed by atoms with Crippen molar-refractivity contribution in [3.05, 3.63) is 71.3 Å². The molecule has 156 valence electrons. The van der Waals surface area contributed by atoms with Crippen molar-refractivity contribution in [3.63, 3.8) is 0 Å². The Balaban J connectivity index is 2.43. The van der Waals surface area contributed by atoms with Crippen LogP contribution in [0, 0.1) is 0 Å². The Morgan fingerprint density at radius 3 is 1.76 bits per heavy atom. The summed E-state index contributed by atoms with van der Waals surface area (Å²) in [4.78, 5) is 0. The van der Waals surface area contributed by atoms with Crippen LogP contribution in [0.3, 0.4) is 0 Å². The molecule has 0 atom stereocenters. The molecule has 0 aliphatic heterocycles. The zero-order chi connectivity index (χ0) is 21.7. The fourth-order valence-corrected chi connectivity index (χ4v) is 2.98. The normalized spacial score (nSPS) is 13.1. The van der Waals surface area contributed by atoms with Gasteiger partial charge in [-0.3, -0.25) is 9.11 Å². The first-order valence-corrected chi connectivity index (χ1v) is 10.6. The molecule has 0 saturated carbocycles. The van der Waals surface area contributed by atoms with Crippen molar-refractivity contribution >= 4 is 33.0 Å². The molecule has 10 nitrogen and oxygen atoms in total. The van der Waals surface area contributed by atoms with Gasteiger partial charge in [-0.05, 0) is 23.8 Å². The lowest BCUT2D eigenvalue weighted by atomic mass is 10.1. The van der Waals surface area contributed by atoms with Crippen molar-refractivity contribution in [2.75, 3.05) is 0 Å². The van der Waals surface area contributed by atoms with Crippen molar-refractivity contribution in [1.29, 1.82) is 0 Å². The first kappa shape index (κ1) is 22.5. The van der Waals surface area contributed by atoms with Crippen LogP contribution in [0.15, 0.2) is 60.2 Å². The van der Waals surface area contributed by atoms with Crippen molar-refractivity contribution in [2.45, 2.75) is 6.17 Å². The highest BCUT2D eigenvalue weighted by molar-refractivity contribution is 7.81. The van der Waals surface area contributed by atoms with Gasteiger partial charge in [-0.2, -0.15) is 16.8 Å². The Kier molecular flexibility index (Phi) is 7.13. The standard InChI is InChI=1S/C17H18N2O8S2/c18-17(19)14(11-13-6-2-4-8-16(13)27-29(23,24)25)10-9-12-5-1-3-7-15(12)26-28(20,21)22/h1-11,17H,18-19H2,(H,20,21,22)(H,23,24,25)/b10-9+,14-11+. The lowest BCUT2D eigenvalue weighted by molar-refractivity contribution is 0.384. The van der Waals surface area contributed by atoms with E-state index in [9.17, 15) is 16.8 Å². The Morgan fingerprint density at radius 1 is 0.828 bits per heavy atom. The van der Waals surface area contributed by atoms with E-state index in [1.165, 1.54) is 54.6 Å². The quantitative estimate of drug-likeness (QED) is 0.265. The third-order valence-electron chi connectivity index (χ3n) is 3.39. The molecule has 12 heteroatoms. The molecule has 2 aromatic rings. The molecule has 2 aromatic carbocycles. The Bertz CT molecular complexity index is 1140. The maximum Gasteiger partial charge on any atom is 0.446 e.